The Morgan fingerprint density at radius 2 is 1.91 bits per heavy atom. The summed E-state index contributed by atoms with van der Waals surface area (Å²) in [6.07, 6.45) is 9.92. The predicted molar refractivity (Wildman–Crippen MR) is 143 cm³/mol. The zero-order valence-corrected chi connectivity index (χ0v) is 21.6. The summed E-state index contributed by atoms with van der Waals surface area (Å²) in [6, 6.07) is 11.2. The van der Waals surface area contributed by atoms with Crippen molar-refractivity contribution in [3.8, 4) is 16.9 Å². The van der Waals surface area contributed by atoms with Crippen LogP contribution < -0.4 is 4.74 Å². The van der Waals surface area contributed by atoms with Crippen LogP contribution in [0.5, 0.6) is 5.75 Å². The Labute approximate surface area is 205 Å². The molecule has 0 aliphatic heterocycles. The van der Waals surface area contributed by atoms with Crippen LogP contribution in [-0.2, 0) is 0 Å². The van der Waals surface area contributed by atoms with Crippen molar-refractivity contribution in [1.82, 2.24) is 9.88 Å². The average Bonchev–Trinajstić information content (AvgIpc) is 3.24. The molecule has 1 heterocycles. The number of hydrogen-bond donors (Lipinski definition) is 1. The molecule has 0 fully saturated rings. The van der Waals surface area contributed by atoms with Gasteiger partial charge in [-0.3, -0.25) is 4.90 Å². The molecule has 1 aromatic heterocycles. The summed E-state index contributed by atoms with van der Waals surface area (Å²) < 4.78 is 20.1. The molecule has 3 aromatic rings. The van der Waals surface area contributed by atoms with E-state index in [1.165, 1.54) is 25.0 Å². The summed E-state index contributed by atoms with van der Waals surface area (Å²) in [5.74, 6) is 2.46. The summed E-state index contributed by atoms with van der Waals surface area (Å²) in [6.45, 7) is 14.2. The van der Waals surface area contributed by atoms with Gasteiger partial charge in [-0.15, -0.1) is 0 Å². The Bertz CT molecular complexity index is 1080. The van der Waals surface area contributed by atoms with Crippen molar-refractivity contribution in [3.63, 3.8) is 0 Å². The fourth-order valence-electron chi connectivity index (χ4n) is 4.27. The van der Waals surface area contributed by atoms with E-state index in [2.05, 4.69) is 68.8 Å². The average molecular weight is 465 g/mol. The number of halogens is 1. The fraction of sp³-hybridized carbons (Fsp3) is 0.467. The molecule has 1 N–H and O–H groups in total. The second kappa shape index (κ2) is 12.8. The van der Waals surface area contributed by atoms with Gasteiger partial charge in [0.2, 0.25) is 0 Å². The van der Waals surface area contributed by atoms with Gasteiger partial charge in [0.05, 0.1) is 6.54 Å². The number of hydrogen-bond acceptors (Lipinski definition) is 2. The summed E-state index contributed by atoms with van der Waals surface area (Å²) in [7, 11) is 0. The predicted octanol–water partition coefficient (Wildman–Crippen LogP) is 8.49. The number of aryl methyl sites for hydroxylation is 1. The normalized spacial score (nSPS) is 13.1. The number of aromatic nitrogens is 1. The summed E-state index contributed by atoms with van der Waals surface area (Å²) in [5, 5.41) is 1.02. The number of fused-ring (bicyclic) bond motifs is 1. The van der Waals surface area contributed by atoms with E-state index in [0.29, 0.717) is 0 Å². The standard InChI is InChI=1S/C30H41FN2O/c1-6-9-10-26(21-33(16-7-2)17-15-22(4)8-3)34-30-14-11-24(18-23(30)5)28-20-32-29-19-25(31)12-13-27(28)29/h10-14,18-20,22,32H,6-9,15-17,21H2,1-5H3. The highest BCUT2D eigenvalue weighted by Crippen LogP contribution is 2.32. The first-order valence-electron chi connectivity index (χ1n) is 12.9. The number of nitrogens with zero attached hydrogens (tertiary/aromatic N) is 1. The van der Waals surface area contributed by atoms with Crippen LogP contribution in [0.4, 0.5) is 4.39 Å². The highest BCUT2D eigenvalue weighted by atomic mass is 19.1. The Morgan fingerprint density at radius 3 is 2.62 bits per heavy atom. The lowest BCUT2D eigenvalue weighted by molar-refractivity contribution is 0.239. The van der Waals surface area contributed by atoms with E-state index in [1.54, 1.807) is 0 Å². The van der Waals surface area contributed by atoms with E-state index >= 15 is 0 Å². The van der Waals surface area contributed by atoms with Gasteiger partial charge in [-0.05, 0) is 92.7 Å². The van der Waals surface area contributed by atoms with Crippen LogP contribution in [0.3, 0.4) is 0 Å². The maximum atomic E-state index is 13.6. The molecule has 0 spiro atoms. The van der Waals surface area contributed by atoms with Gasteiger partial charge in [0.1, 0.15) is 17.3 Å². The van der Waals surface area contributed by atoms with Gasteiger partial charge in [0.15, 0.2) is 0 Å². The van der Waals surface area contributed by atoms with Crippen LogP contribution in [0.15, 0.2) is 54.4 Å². The van der Waals surface area contributed by atoms with E-state index in [0.717, 1.165) is 83.9 Å². The van der Waals surface area contributed by atoms with Gasteiger partial charge in [-0.1, -0.05) is 46.6 Å². The molecule has 0 radical (unpaired) electrons. The molecule has 184 valence electrons. The molecule has 0 aliphatic carbocycles. The number of allylic oxidation sites excluding steroid dienone is 1. The highest BCUT2D eigenvalue weighted by Gasteiger charge is 2.13. The molecule has 1 unspecified atom stereocenters. The van der Waals surface area contributed by atoms with Crippen molar-refractivity contribution in [3.05, 3.63) is 65.8 Å². The van der Waals surface area contributed by atoms with Gasteiger partial charge in [-0.2, -0.15) is 0 Å². The van der Waals surface area contributed by atoms with E-state index in [-0.39, 0.29) is 5.82 Å². The van der Waals surface area contributed by atoms with Crippen LogP contribution in [0.2, 0.25) is 0 Å². The monoisotopic (exact) mass is 464 g/mol. The number of nitrogens with one attached hydrogen (secondary N) is 1. The lowest BCUT2D eigenvalue weighted by atomic mass is 10.0. The molecule has 0 saturated heterocycles. The lowest BCUT2D eigenvalue weighted by Gasteiger charge is -2.25. The summed E-state index contributed by atoms with van der Waals surface area (Å²) in [4.78, 5) is 5.72. The Hall–Kier alpha value is -2.59. The van der Waals surface area contributed by atoms with Gasteiger partial charge in [0.25, 0.3) is 0 Å². The second-order valence-corrected chi connectivity index (χ2v) is 9.51. The van der Waals surface area contributed by atoms with E-state index in [4.69, 9.17) is 4.74 Å². The number of ether oxygens (including phenoxy) is 1. The van der Waals surface area contributed by atoms with Crippen LogP contribution >= 0.6 is 0 Å². The zero-order chi connectivity index (χ0) is 24.5. The summed E-state index contributed by atoms with van der Waals surface area (Å²) in [5.41, 5.74) is 4.08. The van der Waals surface area contributed by atoms with Gasteiger partial charge >= 0.3 is 0 Å². The minimum atomic E-state index is -0.228. The zero-order valence-electron chi connectivity index (χ0n) is 21.6. The van der Waals surface area contributed by atoms with Crippen molar-refractivity contribution in [2.75, 3.05) is 19.6 Å². The molecule has 0 bridgehead atoms. The van der Waals surface area contributed by atoms with Gasteiger partial charge < -0.3 is 9.72 Å². The highest BCUT2D eigenvalue weighted by molar-refractivity contribution is 5.95. The molecular weight excluding hydrogens is 423 g/mol. The van der Waals surface area contributed by atoms with E-state index in [1.807, 2.05) is 12.3 Å². The number of benzene rings is 2. The Balaban J connectivity index is 1.78. The molecule has 4 heteroatoms. The summed E-state index contributed by atoms with van der Waals surface area (Å²) >= 11 is 0. The number of unbranched alkanes of at least 4 members (excludes halogenated alkanes) is 1. The second-order valence-electron chi connectivity index (χ2n) is 9.51. The fourth-order valence-corrected chi connectivity index (χ4v) is 4.27. The Morgan fingerprint density at radius 1 is 1.09 bits per heavy atom. The van der Waals surface area contributed by atoms with Crippen LogP contribution in [0.1, 0.15) is 65.4 Å². The molecular formula is C30H41FN2O. The van der Waals surface area contributed by atoms with E-state index in [9.17, 15) is 4.39 Å². The quantitative estimate of drug-likeness (QED) is 0.257. The third-order valence-electron chi connectivity index (χ3n) is 6.59. The third kappa shape index (κ3) is 6.96. The van der Waals surface area contributed by atoms with Crippen molar-refractivity contribution in [1.29, 1.82) is 0 Å². The molecule has 0 saturated carbocycles. The molecule has 0 amide bonds. The number of aromatic amines is 1. The molecule has 3 nitrogen and oxygen atoms in total. The maximum absolute atomic E-state index is 13.6. The largest absolute Gasteiger partial charge is 0.460 e. The van der Waals surface area contributed by atoms with Crippen LogP contribution in [0, 0.1) is 18.7 Å². The first-order chi connectivity index (χ1) is 16.4. The minimum absolute atomic E-state index is 0.228. The maximum Gasteiger partial charge on any atom is 0.129 e. The molecule has 34 heavy (non-hydrogen) atoms. The Kier molecular flexibility index (Phi) is 9.76. The number of H-pyrrole nitrogens is 1. The lowest BCUT2D eigenvalue weighted by Crippen LogP contribution is -2.30. The minimum Gasteiger partial charge on any atom is -0.460 e. The molecule has 0 aliphatic rings. The molecule has 3 rings (SSSR count). The van der Waals surface area contributed by atoms with Gasteiger partial charge in [-0.25, -0.2) is 4.39 Å². The van der Waals surface area contributed by atoms with Crippen LogP contribution in [-0.4, -0.2) is 29.5 Å². The van der Waals surface area contributed by atoms with Crippen molar-refractivity contribution >= 4 is 10.9 Å². The SMILES string of the molecule is CCCC=C(CN(CCC)CCC(C)CC)Oc1ccc(-c2c[nH]c3cc(F)ccc23)cc1C. The third-order valence-corrected chi connectivity index (χ3v) is 6.59. The van der Waals surface area contributed by atoms with Crippen LogP contribution in [0.25, 0.3) is 22.0 Å². The van der Waals surface area contributed by atoms with Crippen molar-refractivity contribution in [2.24, 2.45) is 5.92 Å². The first-order valence-corrected chi connectivity index (χ1v) is 12.9. The van der Waals surface area contributed by atoms with Crippen molar-refractivity contribution in [2.45, 2.75) is 66.7 Å². The topological polar surface area (TPSA) is 28.3 Å². The first kappa shape index (κ1) is 26.0. The van der Waals surface area contributed by atoms with E-state index < -0.39 is 0 Å². The molecule has 2 aromatic carbocycles. The van der Waals surface area contributed by atoms with Gasteiger partial charge in [0, 0.05) is 22.7 Å². The number of rotatable bonds is 13. The van der Waals surface area contributed by atoms with Crippen molar-refractivity contribution < 1.29 is 9.13 Å². The smallest absolute Gasteiger partial charge is 0.129 e. The molecule has 1 atom stereocenters.